The van der Waals surface area contributed by atoms with Gasteiger partial charge in [0.15, 0.2) is 4.21 Å². The van der Waals surface area contributed by atoms with Gasteiger partial charge in [0.1, 0.15) is 0 Å². The molecule has 162 valence electrons. The van der Waals surface area contributed by atoms with E-state index in [1.165, 1.54) is 19.3 Å². The third-order valence-electron chi connectivity index (χ3n) is 6.48. The molecule has 10 heteroatoms. The van der Waals surface area contributed by atoms with Crippen molar-refractivity contribution >= 4 is 54.8 Å². The minimum Gasteiger partial charge on any atom is -0.340 e. The molecule has 2 aliphatic carbocycles. The SMILES string of the molecule is O=C([C@H]1CC[C@H](NS(=O)(=O)c2sc(Cl)cc2Br)CC1)N1CCN(C2CCC2)CC1. The zero-order chi connectivity index (χ0) is 20.6. The van der Waals surface area contributed by atoms with E-state index >= 15 is 0 Å². The maximum absolute atomic E-state index is 12.9. The van der Waals surface area contributed by atoms with Crippen LogP contribution in [0.25, 0.3) is 0 Å². The molecule has 1 N–H and O–H groups in total. The minimum atomic E-state index is -3.60. The summed E-state index contributed by atoms with van der Waals surface area (Å²) >= 11 is 10.2. The minimum absolute atomic E-state index is 0.0222. The number of piperazine rings is 1. The first kappa shape index (κ1) is 22.0. The average Bonchev–Trinajstić information content (AvgIpc) is 3.00. The molecule has 1 aromatic rings. The van der Waals surface area contributed by atoms with Gasteiger partial charge in [0.2, 0.25) is 5.91 Å². The van der Waals surface area contributed by atoms with E-state index in [2.05, 4.69) is 25.6 Å². The number of sulfonamides is 1. The second-order valence-corrected chi connectivity index (χ2v) is 12.7. The van der Waals surface area contributed by atoms with E-state index in [9.17, 15) is 13.2 Å². The van der Waals surface area contributed by atoms with Crippen LogP contribution in [-0.4, -0.2) is 62.4 Å². The van der Waals surface area contributed by atoms with E-state index in [0.29, 0.717) is 21.7 Å². The predicted molar refractivity (Wildman–Crippen MR) is 119 cm³/mol. The Balaban J connectivity index is 1.26. The predicted octanol–water partition coefficient (Wildman–Crippen LogP) is 3.70. The maximum Gasteiger partial charge on any atom is 0.251 e. The van der Waals surface area contributed by atoms with Gasteiger partial charge in [0.05, 0.1) is 8.81 Å². The lowest BCUT2D eigenvalue weighted by atomic mass is 9.85. The summed E-state index contributed by atoms with van der Waals surface area (Å²) in [4.78, 5) is 17.5. The van der Waals surface area contributed by atoms with Crippen LogP contribution in [0.1, 0.15) is 44.9 Å². The fourth-order valence-corrected chi connectivity index (χ4v) is 8.89. The first-order chi connectivity index (χ1) is 13.8. The second kappa shape index (κ2) is 9.12. The normalized spacial score (nSPS) is 27.0. The number of hydrogen-bond donors (Lipinski definition) is 1. The number of hydrogen-bond acceptors (Lipinski definition) is 5. The molecule has 29 heavy (non-hydrogen) atoms. The van der Waals surface area contributed by atoms with E-state index in [4.69, 9.17) is 11.6 Å². The third kappa shape index (κ3) is 5.01. The number of halogens is 2. The van der Waals surface area contributed by atoms with Gasteiger partial charge >= 0.3 is 0 Å². The van der Waals surface area contributed by atoms with Crippen molar-refractivity contribution in [1.82, 2.24) is 14.5 Å². The van der Waals surface area contributed by atoms with Crippen molar-refractivity contribution < 1.29 is 13.2 Å². The Morgan fingerprint density at radius 2 is 1.76 bits per heavy atom. The molecular formula is C19H27BrClN3O3S2. The van der Waals surface area contributed by atoms with Crippen LogP contribution in [0.5, 0.6) is 0 Å². The van der Waals surface area contributed by atoms with Gasteiger partial charge in [-0.05, 0) is 60.5 Å². The smallest absolute Gasteiger partial charge is 0.251 e. The number of thiophene rings is 1. The van der Waals surface area contributed by atoms with E-state index in [1.54, 1.807) is 6.07 Å². The van der Waals surface area contributed by atoms with Crippen molar-refractivity contribution in [3.63, 3.8) is 0 Å². The van der Waals surface area contributed by atoms with Crippen molar-refractivity contribution in [3.05, 3.63) is 14.9 Å². The summed E-state index contributed by atoms with van der Waals surface area (Å²) in [6, 6.07) is 2.21. The van der Waals surface area contributed by atoms with Crippen LogP contribution in [0.15, 0.2) is 14.7 Å². The standard InChI is InChI=1S/C19H27BrClN3O3S2/c20-16-12-17(21)28-19(16)29(26,27)22-14-6-4-13(5-7-14)18(25)24-10-8-23(9-11-24)15-2-1-3-15/h12-15,22H,1-11H2/t13-,14-. The van der Waals surface area contributed by atoms with Crippen LogP contribution in [0, 0.1) is 5.92 Å². The molecule has 4 rings (SSSR count). The zero-order valence-electron chi connectivity index (χ0n) is 16.3. The highest BCUT2D eigenvalue weighted by molar-refractivity contribution is 9.10. The van der Waals surface area contributed by atoms with Crippen LogP contribution < -0.4 is 4.72 Å². The highest BCUT2D eigenvalue weighted by Crippen LogP contribution is 2.35. The average molecular weight is 525 g/mol. The quantitative estimate of drug-likeness (QED) is 0.638. The molecule has 0 aromatic carbocycles. The third-order valence-corrected chi connectivity index (χ3v) is 11.0. The summed E-state index contributed by atoms with van der Waals surface area (Å²) in [5.74, 6) is 0.279. The van der Waals surface area contributed by atoms with Crippen molar-refractivity contribution in [1.29, 1.82) is 0 Å². The Bertz CT molecular complexity index is 843. The molecule has 1 amide bonds. The van der Waals surface area contributed by atoms with Gasteiger partial charge in [-0.15, -0.1) is 11.3 Å². The number of carbonyl (C=O) groups is 1. The zero-order valence-corrected chi connectivity index (χ0v) is 20.3. The number of rotatable bonds is 5. The Hall–Kier alpha value is -0.190. The van der Waals surface area contributed by atoms with Gasteiger partial charge < -0.3 is 4.90 Å². The first-order valence-electron chi connectivity index (χ1n) is 10.3. The second-order valence-electron chi connectivity index (χ2n) is 8.30. The van der Waals surface area contributed by atoms with Crippen LogP contribution in [-0.2, 0) is 14.8 Å². The molecule has 1 saturated heterocycles. The van der Waals surface area contributed by atoms with Gasteiger partial charge in [-0.3, -0.25) is 9.69 Å². The first-order valence-corrected chi connectivity index (χ1v) is 13.8. The molecule has 2 saturated carbocycles. The van der Waals surface area contributed by atoms with E-state index in [0.717, 1.165) is 56.4 Å². The molecular weight excluding hydrogens is 498 g/mol. The molecule has 1 aliphatic heterocycles. The van der Waals surface area contributed by atoms with Crippen LogP contribution in [0.3, 0.4) is 0 Å². The molecule has 0 bridgehead atoms. The summed E-state index contributed by atoms with van der Waals surface area (Å²) in [6.45, 7) is 3.64. The van der Waals surface area contributed by atoms with Gasteiger partial charge in [0, 0.05) is 44.2 Å². The summed E-state index contributed by atoms with van der Waals surface area (Å²) < 4.78 is 29.2. The molecule has 3 aliphatic rings. The summed E-state index contributed by atoms with van der Waals surface area (Å²) in [5.41, 5.74) is 0. The van der Waals surface area contributed by atoms with Gasteiger partial charge in [-0.1, -0.05) is 18.0 Å². The Morgan fingerprint density at radius 1 is 1.10 bits per heavy atom. The Labute approximate surface area is 190 Å². The van der Waals surface area contributed by atoms with Crippen molar-refractivity contribution in [2.45, 2.75) is 61.2 Å². The van der Waals surface area contributed by atoms with Crippen LogP contribution in [0.2, 0.25) is 4.34 Å². The van der Waals surface area contributed by atoms with Crippen molar-refractivity contribution in [2.75, 3.05) is 26.2 Å². The van der Waals surface area contributed by atoms with Crippen LogP contribution >= 0.6 is 38.9 Å². The monoisotopic (exact) mass is 523 g/mol. The molecule has 0 radical (unpaired) electrons. The summed E-state index contributed by atoms with van der Waals surface area (Å²) in [6.07, 6.45) is 6.81. The molecule has 0 spiro atoms. The fraction of sp³-hybridized carbons (Fsp3) is 0.737. The summed E-state index contributed by atoms with van der Waals surface area (Å²) in [5, 5.41) is 0. The molecule has 3 fully saturated rings. The fourth-order valence-electron chi connectivity index (χ4n) is 4.56. The summed E-state index contributed by atoms with van der Waals surface area (Å²) in [7, 11) is -3.60. The van der Waals surface area contributed by atoms with Gasteiger partial charge in [0.25, 0.3) is 10.0 Å². The van der Waals surface area contributed by atoms with E-state index in [-0.39, 0.29) is 22.1 Å². The van der Waals surface area contributed by atoms with Gasteiger partial charge in [-0.25, -0.2) is 13.1 Å². The Kier molecular flexibility index (Phi) is 6.93. The molecule has 1 aromatic heterocycles. The number of nitrogens with one attached hydrogen (secondary N) is 1. The highest BCUT2D eigenvalue weighted by Gasteiger charge is 2.35. The molecule has 2 heterocycles. The maximum atomic E-state index is 12.9. The lowest BCUT2D eigenvalue weighted by molar-refractivity contribution is -0.139. The molecule has 0 atom stereocenters. The van der Waals surface area contributed by atoms with Crippen LogP contribution in [0.4, 0.5) is 0 Å². The Morgan fingerprint density at radius 3 is 2.28 bits per heavy atom. The highest BCUT2D eigenvalue weighted by atomic mass is 79.9. The lowest BCUT2D eigenvalue weighted by Crippen LogP contribution is -2.54. The van der Waals surface area contributed by atoms with Gasteiger partial charge in [-0.2, -0.15) is 0 Å². The number of amides is 1. The number of nitrogens with zero attached hydrogens (tertiary/aromatic N) is 2. The lowest BCUT2D eigenvalue weighted by Gasteiger charge is -2.44. The largest absolute Gasteiger partial charge is 0.340 e. The van der Waals surface area contributed by atoms with Crippen molar-refractivity contribution in [2.24, 2.45) is 5.92 Å². The van der Waals surface area contributed by atoms with E-state index < -0.39 is 10.0 Å². The van der Waals surface area contributed by atoms with Crippen molar-refractivity contribution in [3.8, 4) is 0 Å². The van der Waals surface area contributed by atoms with E-state index in [1.807, 2.05) is 4.90 Å². The number of carbonyl (C=O) groups excluding carboxylic acids is 1. The topological polar surface area (TPSA) is 69.7 Å². The molecule has 6 nitrogen and oxygen atoms in total. The molecule has 0 unspecified atom stereocenters.